The third-order valence-corrected chi connectivity index (χ3v) is 4.99. The Kier molecular flexibility index (Phi) is 4.13. The molecule has 0 radical (unpaired) electrons. The molecule has 2 atom stereocenters. The summed E-state index contributed by atoms with van der Waals surface area (Å²) in [6, 6.07) is 0.160. The van der Waals surface area contributed by atoms with Gasteiger partial charge in [0.25, 0.3) is 0 Å². The fraction of sp³-hybridized carbons (Fsp3) is 0.857. The van der Waals surface area contributed by atoms with Gasteiger partial charge in [0.05, 0.1) is 5.41 Å². The van der Waals surface area contributed by atoms with Gasteiger partial charge >= 0.3 is 5.97 Å². The van der Waals surface area contributed by atoms with Crippen LogP contribution >= 0.6 is 0 Å². The zero-order valence-electron chi connectivity index (χ0n) is 11.6. The van der Waals surface area contributed by atoms with Crippen LogP contribution in [-0.4, -0.2) is 41.0 Å². The van der Waals surface area contributed by atoms with Crippen molar-refractivity contribution in [2.24, 2.45) is 17.1 Å². The molecule has 0 aromatic rings. The van der Waals surface area contributed by atoms with Gasteiger partial charge in [0.2, 0.25) is 5.91 Å². The van der Waals surface area contributed by atoms with E-state index in [-0.39, 0.29) is 17.9 Å². The summed E-state index contributed by atoms with van der Waals surface area (Å²) >= 11 is 0. The molecule has 19 heavy (non-hydrogen) atoms. The maximum atomic E-state index is 12.3. The molecule has 2 fully saturated rings. The van der Waals surface area contributed by atoms with Crippen LogP contribution in [0.5, 0.6) is 0 Å². The number of carbonyl (C=O) groups excluding carboxylic acids is 1. The van der Waals surface area contributed by atoms with E-state index in [0.29, 0.717) is 32.4 Å². The van der Waals surface area contributed by atoms with Crippen LogP contribution < -0.4 is 5.73 Å². The van der Waals surface area contributed by atoms with Gasteiger partial charge in [0, 0.05) is 25.0 Å². The van der Waals surface area contributed by atoms with Crippen molar-refractivity contribution in [2.75, 3.05) is 13.1 Å². The van der Waals surface area contributed by atoms with E-state index in [1.165, 1.54) is 0 Å². The van der Waals surface area contributed by atoms with E-state index >= 15 is 0 Å². The summed E-state index contributed by atoms with van der Waals surface area (Å²) in [5.41, 5.74) is 5.23. The third-order valence-electron chi connectivity index (χ3n) is 4.99. The summed E-state index contributed by atoms with van der Waals surface area (Å²) in [4.78, 5) is 25.5. The Morgan fingerprint density at radius 3 is 2.37 bits per heavy atom. The summed E-state index contributed by atoms with van der Waals surface area (Å²) in [6.45, 7) is 3.07. The molecule has 1 heterocycles. The molecule has 0 bridgehead atoms. The lowest BCUT2D eigenvalue weighted by atomic mass is 9.76. The van der Waals surface area contributed by atoms with Gasteiger partial charge < -0.3 is 15.7 Å². The van der Waals surface area contributed by atoms with E-state index in [9.17, 15) is 14.7 Å². The maximum Gasteiger partial charge on any atom is 0.309 e. The quantitative estimate of drug-likeness (QED) is 0.806. The highest BCUT2D eigenvalue weighted by atomic mass is 16.4. The van der Waals surface area contributed by atoms with Gasteiger partial charge in [0.15, 0.2) is 0 Å². The highest BCUT2D eigenvalue weighted by molar-refractivity contribution is 5.80. The Balaban J connectivity index is 1.92. The Morgan fingerprint density at radius 2 is 1.95 bits per heavy atom. The van der Waals surface area contributed by atoms with Crippen molar-refractivity contribution in [1.82, 2.24) is 4.90 Å². The molecule has 0 spiro atoms. The largest absolute Gasteiger partial charge is 0.481 e. The SMILES string of the molecule is CCC1(C(=O)O)CCN(C(=O)C2CCC(N)C2)CC1. The summed E-state index contributed by atoms with van der Waals surface area (Å²) < 4.78 is 0. The molecule has 0 aromatic heterocycles. The maximum absolute atomic E-state index is 12.3. The average Bonchev–Trinajstić information content (AvgIpc) is 2.84. The van der Waals surface area contributed by atoms with Gasteiger partial charge in [-0.1, -0.05) is 6.92 Å². The molecule has 1 aliphatic heterocycles. The third kappa shape index (κ3) is 2.76. The minimum absolute atomic E-state index is 0.0638. The molecule has 5 nitrogen and oxygen atoms in total. The van der Waals surface area contributed by atoms with Crippen LogP contribution in [0.2, 0.25) is 0 Å². The number of likely N-dealkylation sites (tertiary alicyclic amines) is 1. The molecule has 1 saturated carbocycles. The second-order valence-corrected chi connectivity index (χ2v) is 6.03. The van der Waals surface area contributed by atoms with Crippen LogP contribution in [0.25, 0.3) is 0 Å². The van der Waals surface area contributed by atoms with Crippen molar-refractivity contribution >= 4 is 11.9 Å². The smallest absolute Gasteiger partial charge is 0.309 e. The molecule has 2 rings (SSSR count). The number of rotatable bonds is 3. The van der Waals surface area contributed by atoms with Gasteiger partial charge in [-0.05, 0) is 38.5 Å². The van der Waals surface area contributed by atoms with Gasteiger partial charge in [-0.15, -0.1) is 0 Å². The van der Waals surface area contributed by atoms with E-state index in [0.717, 1.165) is 19.3 Å². The average molecular weight is 268 g/mol. The lowest BCUT2D eigenvalue weighted by Crippen LogP contribution is -2.47. The Hall–Kier alpha value is -1.10. The van der Waals surface area contributed by atoms with Crippen molar-refractivity contribution in [2.45, 2.75) is 51.5 Å². The number of carboxylic acids is 1. The van der Waals surface area contributed by atoms with Crippen LogP contribution in [0.3, 0.4) is 0 Å². The minimum atomic E-state index is -0.718. The van der Waals surface area contributed by atoms with E-state index < -0.39 is 11.4 Å². The van der Waals surface area contributed by atoms with Gasteiger partial charge in [-0.25, -0.2) is 0 Å². The molecular formula is C14H24N2O3. The second kappa shape index (κ2) is 5.49. The van der Waals surface area contributed by atoms with Crippen LogP contribution in [0.1, 0.15) is 45.4 Å². The Bertz CT molecular complexity index is 362. The summed E-state index contributed by atoms with van der Waals surface area (Å²) in [5, 5.41) is 9.34. The number of carbonyl (C=O) groups is 2. The molecule has 1 aliphatic carbocycles. The van der Waals surface area contributed by atoms with Crippen molar-refractivity contribution in [3.63, 3.8) is 0 Å². The van der Waals surface area contributed by atoms with Gasteiger partial charge in [-0.3, -0.25) is 9.59 Å². The molecule has 0 aromatic carbocycles. The van der Waals surface area contributed by atoms with Crippen LogP contribution in [0, 0.1) is 11.3 Å². The van der Waals surface area contributed by atoms with Crippen LogP contribution in [-0.2, 0) is 9.59 Å². The summed E-state index contributed by atoms with van der Waals surface area (Å²) in [7, 11) is 0. The van der Waals surface area contributed by atoms with Gasteiger partial charge in [-0.2, -0.15) is 0 Å². The molecule has 1 saturated heterocycles. The zero-order valence-corrected chi connectivity index (χ0v) is 11.6. The lowest BCUT2D eigenvalue weighted by Gasteiger charge is -2.39. The first-order chi connectivity index (χ1) is 8.98. The van der Waals surface area contributed by atoms with Crippen LogP contribution in [0.4, 0.5) is 0 Å². The predicted molar refractivity (Wildman–Crippen MR) is 71.5 cm³/mol. The molecule has 108 valence electrons. The fourth-order valence-corrected chi connectivity index (χ4v) is 3.37. The van der Waals surface area contributed by atoms with Crippen LogP contribution in [0.15, 0.2) is 0 Å². The van der Waals surface area contributed by atoms with Gasteiger partial charge in [0.1, 0.15) is 0 Å². The number of hydrogen-bond donors (Lipinski definition) is 2. The van der Waals surface area contributed by atoms with Crippen molar-refractivity contribution in [3.05, 3.63) is 0 Å². The number of amides is 1. The first-order valence-electron chi connectivity index (χ1n) is 7.26. The Morgan fingerprint density at radius 1 is 1.32 bits per heavy atom. The van der Waals surface area contributed by atoms with Crippen molar-refractivity contribution in [3.8, 4) is 0 Å². The zero-order chi connectivity index (χ0) is 14.0. The van der Waals surface area contributed by atoms with E-state index in [1.807, 2.05) is 11.8 Å². The highest BCUT2D eigenvalue weighted by Gasteiger charge is 2.42. The summed E-state index contributed by atoms with van der Waals surface area (Å²) in [5.74, 6) is -0.470. The Labute approximate surface area is 114 Å². The second-order valence-electron chi connectivity index (χ2n) is 6.03. The molecule has 2 aliphatic rings. The number of nitrogens with zero attached hydrogens (tertiary/aromatic N) is 1. The van der Waals surface area contributed by atoms with Crippen molar-refractivity contribution < 1.29 is 14.7 Å². The van der Waals surface area contributed by atoms with E-state index in [4.69, 9.17) is 5.73 Å². The topological polar surface area (TPSA) is 83.6 Å². The number of piperidine rings is 1. The number of aliphatic carboxylic acids is 1. The first kappa shape index (κ1) is 14.3. The number of nitrogens with two attached hydrogens (primary N) is 1. The first-order valence-corrected chi connectivity index (χ1v) is 7.26. The predicted octanol–water partition coefficient (Wildman–Crippen LogP) is 1.22. The number of carboxylic acid groups (broad SMARTS) is 1. The molecule has 1 amide bonds. The fourth-order valence-electron chi connectivity index (χ4n) is 3.37. The molecule has 5 heteroatoms. The minimum Gasteiger partial charge on any atom is -0.481 e. The van der Waals surface area contributed by atoms with E-state index in [1.54, 1.807) is 0 Å². The lowest BCUT2D eigenvalue weighted by molar-refractivity contribution is -0.155. The molecule has 3 N–H and O–H groups in total. The highest BCUT2D eigenvalue weighted by Crippen LogP contribution is 2.36. The van der Waals surface area contributed by atoms with E-state index in [2.05, 4.69) is 0 Å². The summed E-state index contributed by atoms with van der Waals surface area (Å²) in [6.07, 6.45) is 4.38. The monoisotopic (exact) mass is 268 g/mol. The standard InChI is InChI=1S/C14H24N2O3/c1-2-14(13(18)19)5-7-16(8-6-14)12(17)10-3-4-11(15)9-10/h10-11H,2-9,15H2,1H3,(H,18,19). The molecular weight excluding hydrogens is 244 g/mol. The number of hydrogen-bond acceptors (Lipinski definition) is 3. The molecule has 2 unspecified atom stereocenters. The van der Waals surface area contributed by atoms with Crippen molar-refractivity contribution in [1.29, 1.82) is 0 Å². The normalized spacial score (nSPS) is 30.3.